The second-order valence-corrected chi connectivity index (χ2v) is 2.02. The first-order chi connectivity index (χ1) is 4.57. The quantitative estimate of drug-likeness (QED) is 0.420. The fourth-order valence-electron chi connectivity index (χ4n) is 0.435. The molecular formula is C8H10N2. The summed E-state index contributed by atoms with van der Waals surface area (Å²) >= 11 is 0. The van der Waals surface area contributed by atoms with E-state index < -0.39 is 0 Å². The Bertz CT molecular complexity index is 228. The van der Waals surface area contributed by atoms with E-state index in [1.807, 2.05) is 6.07 Å². The van der Waals surface area contributed by atoms with Crippen LogP contribution in [0.25, 0.3) is 0 Å². The molecule has 10 heavy (non-hydrogen) atoms. The average Bonchev–Trinajstić information content (AvgIpc) is 1.85. The standard InChI is InChI=1S/C8H10N2/c1-6(2)10-8(4)7(3)5-9/h1,3H2,2,4H3. The van der Waals surface area contributed by atoms with Gasteiger partial charge in [-0.15, -0.1) is 0 Å². The number of rotatable bonds is 2. The number of aliphatic imine (C=N–C) groups is 1. The molecule has 0 aliphatic carbocycles. The molecule has 2 nitrogen and oxygen atoms in total. The smallest absolute Gasteiger partial charge is 0.100 e. The molecule has 52 valence electrons. The normalized spacial score (nSPS) is 10.3. The van der Waals surface area contributed by atoms with Crippen LogP contribution in [0.1, 0.15) is 13.8 Å². The van der Waals surface area contributed by atoms with Crippen LogP contribution in [0.4, 0.5) is 0 Å². The maximum Gasteiger partial charge on any atom is 0.100 e. The van der Waals surface area contributed by atoms with Crippen molar-refractivity contribution in [2.24, 2.45) is 4.99 Å². The van der Waals surface area contributed by atoms with Crippen LogP contribution >= 0.6 is 0 Å². The van der Waals surface area contributed by atoms with Crippen molar-refractivity contribution in [1.29, 1.82) is 5.26 Å². The van der Waals surface area contributed by atoms with Gasteiger partial charge in [-0.2, -0.15) is 5.26 Å². The Morgan fingerprint density at radius 1 is 1.40 bits per heavy atom. The molecule has 0 spiro atoms. The van der Waals surface area contributed by atoms with E-state index in [4.69, 9.17) is 5.26 Å². The third kappa shape index (κ3) is 2.83. The Kier molecular flexibility index (Phi) is 3.13. The zero-order valence-electron chi connectivity index (χ0n) is 6.31. The molecule has 0 N–H and O–H groups in total. The summed E-state index contributed by atoms with van der Waals surface area (Å²) in [6.07, 6.45) is 0. The van der Waals surface area contributed by atoms with E-state index in [0.29, 0.717) is 17.0 Å². The fraction of sp³-hybridized carbons (Fsp3) is 0.250. The highest BCUT2D eigenvalue weighted by molar-refractivity contribution is 6.01. The average molecular weight is 134 g/mol. The summed E-state index contributed by atoms with van der Waals surface area (Å²) in [6.45, 7) is 10.6. The Morgan fingerprint density at radius 3 is 2.20 bits per heavy atom. The molecule has 0 amide bonds. The number of nitrogens with zero attached hydrogens (tertiary/aromatic N) is 2. The molecule has 0 unspecified atom stereocenters. The molecule has 0 heterocycles. The Hall–Kier alpha value is -1.36. The van der Waals surface area contributed by atoms with Gasteiger partial charge >= 0.3 is 0 Å². The first-order valence-electron chi connectivity index (χ1n) is 2.88. The Morgan fingerprint density at radius 2 is 1.90 bits per heavy atom. The highest BCUT2D eigenvalue weighted by Crippen LogP contribution is 1.97. The molecule has 0 atom stereocenters. The van der Waals surface area contributed by atoms with E-state index in [1.54, 1.807) is 13.8 Å². The SMILES string of the molecule is C=C(C)N=C(C)C(=C)C#N. The van der Waals surface area contributed by atoms with Gasteiger partial charge in [0.15, 0.2) is 0 Å². The van der Waals surface area contributed by atoms with Gasteiger partial charge in [0.25, 0.3) is 0 Å². The molecule has 0 saturated carbocycles. The molecule has 0 radical (unpaired) electrons. The second-order valence-electron chi connectivity index (χ2n) is 2.02. The lowest BCUT2D eigenvalue weighted by Gasteiger charge is -1.93. The summed E-state index contributed by atoms with van der Waals surface area (Å²) in [5.41, 5.74) is 1.71. The monoisotopic (exact) mass is 134 g/mol. The minimum absolute atomic E-state index is 0.392. The molecule has 0 aliphatic heterocycles. The third-order valence-corrected chi connectivity index (χ3v) is 0.930. The van der Waals surface area contributed by atoms with Crippen LogP contribution in [0.5, 0.6) is 0 Å². The van der Waals surface area contributed by atoms with Crippen molar-refractivity contribution in [3.8, 4) is 6.07 Å². The summed E-state index contributed by atoms with van der Waals surface area (Å²) in [7, 11) is 0. The van der Waals surface area contributed by atoms with Crippen LogP contribution in [-0.2, 0) is 0 Å². The minimum atomic E-state index is 0.392. The van der Waals surface area contributed by atoms with Crippen LogP contribution in [0.2, 0.25) is 0 Å². The van der Waals surface area contributed by atoms with E-state index in [9.17, 15) is 0 Å². The van der Waals surface area contributed by atoms with Crippen molar-refractivity contribution in [3.63, 3.8) is 0 Å². The van der Waals surface area contributed by atoms with Gasteiger partial charge in [0, 0.05) is 5.70 Å². The van der Waals surface area contributed by atoms with Crippen LogP contribution in [-0.4, -0.2) is 5.71 Å². The highest BCUT2D eigenvalue weighted by Gasteiger charge is 1.94. The van der Waals surface area contributed by atoms with Crippen molar-refractivity contribution < 1.29 is 0 Å². The molecule has 2 heteroatoms. The number of nitriles is 1. The van der Waals surface area contributed by atoms with Gasteiger partial charge in [-0.05, 0) is 13.8 Å². The van der Waals surface area contributed by atoms with E-state index in [0.717, 1.165) is 0 Å². The third-order valence-electron chi connectivity index (χ3n) is 0.930. The lowest BCUT2D eigenvalue weighted by Crippen LogP contribution is -1.92. The van der Waals surface area contributed by atoms with Crippen molar-refractivity contribution in [1.82, 2.24) is 0 Å². The van der Waals surface area contributed by atoms with Crippen LogP contribution in [0.3, 0.4) is 0 Å². The summed E-state index contributed by atoms with van der Waals surface area (Å²) in [5.74, 6) is 0. The van der Waals surface area contributed by atoms with Gasteiger partial charge in [-0.1, -0.05) is 13.2 Å². The Labute approximate surface area is 61.2 Å². The molecule has 0 aromatic heterocycles. The van der Waals surface area contributed by atoms with Crippen molar-refractivity contribution in [2.75, 3.05) is 0 Å². The van der Waals surface area contributed by atoms with Crippen LogP contribution < -0.4 is 0 Å². The van der Waals surface area contributed by atoms with Gasteiger partial charge < -0.3 is 0 Å². The number of allylic oxidation sites excluding steroid dienone is 2. The highest BCUT2D eigenvalue weighted by atomic mass is 14.7. The first-order valence-corrected chi connectivity index (χ1v) is 2.88. The molecule has 0 aromatic rings. The molecule has 0 aromatic carbocycles. The maximum atomic E-state index is 8.36. The maximum absolute atomic E-state index is 8.36. The molecule has 0 bridgehead atoms. The summed E-state index contributed by atoms with van der Waals surface area (Å²) in [5, 5.41) is 8.36. The van der Waals surface area contributed by atoms with Gasteiger partial charge in [-0.25, -0.2) is 0 Å². The van der Waals surface area contributed by atoms with Crippen molar-refractivity contribution >= 4 is 5.71 Å². The second kappa shape index (κ2) is 3.62. The predicted molar refractivity (Wildman–Crippen MR) is 42.7 cm³/mol. The molecule has 0 fully saturated rings. The zero-order valence-corrected chi connectivity index (χ0v) is 6.31. The van der Waals surface area contributed by atoms with E-state index >= 15 is 0 Å². The van der Waals surface area contributed by atoms with E-state index in [1.165, 1.54) is 0 Å². The Balaban J connectivity index is 4.38. The van der Waals surface area contributed by atoms with E-state index in [2.05, 4.69) is 18.2 Å². The van der Waals surface area contributed by atoms with Crippen molar-refractivity contribution in [3.05, 3.63) is 24.4 Å². The first kappa shape index (κ1) is 8.64. The van der Waals surface area contributed by atoms with Gasteiger partial charge in [-0.3, -0.25) is 4.99 Å². The molecule has 0 aliphatic rings. The topological polar surface area (TPSA) is 36.1 Å². The lowest BCUT2D eigenvalue weighted by molar-refractivity contribution is 1.31. The molecule has 0 saturated heterocycles. The summed E-state index contributed by atoms with van der Waals surface area (Å²) in [4.78, 5) is 3.95. The minimum Gasteiger partial charge on any atom is -0.258 e. The zero-order chi connectivity index (χ0) is 8.15. The van der Waals surface area contributed by atoms with Gasteiger partial charge in [0.2, 0.25) is 0 Å². The van der Waals surface area contributed by atoms with Crippen LogP contribution in [0.15, 0.2) is 29.4 Å². The lowest BCUT2D eigenvalue weighted by atomic mass is 10.2. The van der Waals surface area contributed by atoms with E-state index in [-0.39, 0.29) is 0 Å². The summed E-state index contributed by atoms with van der Waals surface area (Å²) < 4.78 is 0. The van der Waals surface area contributed by atoms with Crippen LogP contribution in [0, 0.1) is 11.3 Å². The fourth-order valence-corrected chi connectivity index (χ4v) is 0.435. The van der Waals surface area contributed by atoms with Crippen molar-refractivity contribution in [2.45, 2.75) is 13.8 Å². The van der Waals surface area contributed by atoms with Gasteiger partial charge in [0.05, 0.1) is 11.3 Å². The molecular weight excluding hydrogens is 124 g/mol. The number of hydrogen-bond acceptors (Lipinski definition) is 2. The molecule has 0 rings (SSSR count). The predicted octanol–water partition coefficient (Wildman–Crippen LogP) is 2.06. The summed E-state index contributed by atoms with van der Waals surface area (Å²) in [6, 6.07) is 1.90. The van der Waals surface area contributed by atoms with Gasteiger partial charge in [0.1, 0.15) is 6.07 Å². The number of hydrogen-bond donors (Lipinski definition) is 0. The largest absolute Gasteiger partial charge is 0.258 e.